The molecule has 55 heavy (non-hydrogen) atoms. The zero-order valence-electron chi connectivity index (χ0n) is 30.7. The molecule has 3 aromatic heterocycles. The quantitative estimate of drug-likeness (QED) is 0.0327. The number of anilines is 4. The Kier molecular flexibility index (Phi) is 14.1. The van der Waals surface area contributed by atoms with Crippen LogP contribution in [0, 0.1) is 24.6 Å². The molecule has 2 aromatic carbocycles. The molecule has 0 atom stereocenters. The second-order valence-corrected chi connectivity index (χ2v) is 17.0. The number of thiazole rings is 2. The van der Waals surface area contributed by atoms with Crippen LogP contribution in [0.1, 0.15) is 52.2 Å². The number of aliphatic hydroxyl groups excluding tert-OH is 1. The molecule has 0 unspecified atom stereocenters. The number of halogens is 1. The van der Waals surface area contributed by atoms with E-state index in [0.29, 0.717) is 82.1 Å². The van der Waals surface area contributed by atoms with Crippen LogP contribution in [0.25, 0.3) is 10.2 Å². The fourth-order valence-electron chi connectivity index (χ4n) is 5.45. The fraction of sp³-hybridized carbons (Fsp3) is 0.378. The number of aromatic nitrogens is 4. The van der Waals surface area contributed by atoms with E-state index in [9.17, 15) is 27.8 Å². The number of benzene rings is 2. The normalized spacial score (nSPS) is 11.7. The number of ether oxygens (including phenoxy) is 1. The van der Waals surface area contributed by atoms with Crippen LogP contribution in [-0.2, 0) is 16.5 Å². The number of hydrogen-bond acceptors (Lipinski definition) is 13. The van der Waals surface area contributed by atoms with Crippen molar-refractivity contribution in [2.24, 2.45) is 0 Å². The molecule has 0 radical (unpaired) electrons. The highest BCUT2D eigenvalue weighted by molar-refractivity contribution is 7.85. The molecule has 5 rings (SSSR count). The molecule has 0 fully saturated rings. The van der Waals surface area contributed by atoms with Gasteiger partial charge in [0.25, 0.3) is 10.1 Å². The molecule has 0 saturated carbocycles. The second-order valence-electron chi connectivity index (χ2n) is 13.4. The van der Waals surface area contributed by atoms with Crippen LogP contribution >= 0.6 is 22.7 Å². The Hall–Kier alpha value is -4.77. The number of carboxylic acid groups (broad SMARTS) is 1. The maximum absolute atomic E-state index is 14.9. The number of carboxylic acids is 1. The summed E-state index contributed by atoms with van der Waals surface area (Å²) < 4.78 is 52.9. The van der Waals surface area contributed by atoms with Gasteiger partial charge in [-0.25, -0.2) is 19.2 Å². The van der Waals surface area contributed by atoms with Crippen molar-refractivity contribution in [2.75, 3.05) is 62.9 Å². The third-order valence-corrected chi connectivity index (χ3v) is 11.2. The molecule has 18 heteroatoms. The lowest BCUT2D eigenvalue weighted by molar-refractivity contribution is -0.883. The van der Waals surface area contributed by atoms with Gasteiger partial charge in [0.05, 0.1) is 43.2 Å². The summed E-state index contributed by atoms with van der Waals surface area (Å²) in [5, 5.41) is 32.7. The Morgan fingerprint density at radius 3 is 2.56 bits per heavy atom. The highest BCUT2D eigenvalue weighted by Crippen LogP contribution is 2.34. The summed E-state index contributed by atoms with van der Waals surface area (Å²) in [6.07, 6.45) is 2.13. The van der Waals surface area contributed by atoms with Gasteiger partial charge in [-0.2, -0.15) is 8.42 Å². The average Bonchev–Trinajstić information content (AvgIpc) is 3.74. The van der Waals surface area contributed by atoms with Gasteiger partial charge in [0, 0.05) is 30.0 Å². The van der Waals surface area contributed by atoms with E-state index in [4.69, 9.17) is 9.29 Å². The van der Waals surface area contributed by atoms with E-state index in [1.165, 1.54) is 34.8 Å². The van der Waals surface area contributed by atoms with Gasteiger partial charge in [-0.15, -0.1) is 21.5 Å². The summed E-state index contributed by atoms with van der Waals surface area (Å²) in [5.74, 6) is 4.90. The Balaban J connectivity index is 1.21. The van der Waals surface area contributed by atoms with Crippen LogP contribution in [0.4, 0.5) is 26.3 Å². The molecular weight excluding hydrogens is 770 g/mol. The molecule has 3 heterocycles. The fourth-order valence-corrected chi connectivity index (χ4v) is 7.94. The molecule has 0 bridgehead atoms. The molecule has 0 aliphatic rings. The zero-order valence-corrected chi connectivity index (χ0v) is 33.1. The molecule has 0 aliphatic heterocycles. The Bertz CT molecular complexity index is 2250. The summed E-state index contributed by atoms with van der Waals surface area (Å²) in [5.41, 5.74) is 2.05. The van der Waals surface area contributed by atoms with Crippen LogP contribution in [0.15, 0.2) is 48.5 Å². The second kappa shape index (κ2) is 18.7. The standard InChI is InChI=1S/C37H42FN7O7S3/c1-25-23-32(42-43-34(25)41-36-39-28-12-4-5-13-30(28)53-36)44(17-6-7-20-46)37-40-33(35(47)48)31(54-37)14-9-21-52-29-16-15-26(24-27(29)38)11-8-18-45(2,3)19-10-22-55(49,50)51/h4-5,12-13,15-16,23-24,46H,6-7,9-10,14,17-22H2,1-3H3,(H2-,39,41,43,47,48,49,50,51)/p+1. The number of fused-ring (bicyclic) bond motifs is 1. The van der Waals surface area contributed by atoms with Crippen LogP contribution in [0.2, 0.25) is 0 Å². The Labute approximate surface area is 327 Å². The van der Waals surface area contributed by atoms with Gasteiger partial charge in [-0.1, -0.05) is 29.4 Å². The van der Waals surface area contributed by atoms with Crippen LogP contribution in [-0.4, -0.2) is 106 Å². The summed E-state index contributed by atoms with van der Waals surface area (Å²) in [7, 11) is -0.245. The van der Waals surface area contributed by atoms with Crippen molar-refractivity contribution < 1.29 is 41.6 Å². The first-order valence-corrected chi connectivity index (χ1v) is 20.7. The molecule has 292 valence electrons. The third-order valence-electron chi connectivity index (χ3n) is 8.32. The average molecular weight is 813 g/mol. The number of nitrogens with zero attached hydrogens (tertiary/aromatic N) is 6. The van der Waals surface area contributed by atoms with Gasteiger partial charge < -0.3 is 29.6 Å². The number of aliphatic hydroxyl groups is 1. The van der Waals surface area contributed by atoms with Gasteiger partial charge in [0.15, 0.2) is 39.2 Å². The van der Waals surface area contributed by atoms with Crippen LogP contribution in [0.5, 0.6) is 5.75 Å². The summed E-state index contributed by atoms with van der Waals surface area (Å²) >= 11 is 2.73. The van der Waals surface area contributed by atoms with Gasteiger partial charge in [0.1, 0.15) is 6.54 Å². The van der Waals surface area contributed by atoms with Gasteiger partial charge in [-0.05, 0) is 80.5 Å². The number of hydrogen-bond donors (Lipinski definition) is 4. The molecular formula is C37H43FN7O7S3+. The van der Waals surface area contributed by atoms with E-state index in [0.717, 1.165) is 15.8 Å². The van der Waals surface area contributed by atoms with Crippen molar-refractivity contribution in [1.29, 1.82) is 0 Å². The van der Waals surface area contributed by atoms with E-state index in [-0.39, 0.29) is 36.8 Å². The molecule has 0 amide bonds. The van der Waals surface area contributed by atoms with Crippen LogP contribution < -0.4 is 15.0 Å². The summed E-state index contributed by atoms with van der Waals surface area (Å²) in [6, 6.07) is 14.1. The number of quaternary nitrogens is 1. The Morgan fingerprint density at radius 2 is 1.85 bits per heavy atom. The third kappa shape index (κ3) is 12.1. The van der Waals surface area contributed by atoms with Crippen molar-refractivity contribution in [3.8, 4) is 17.6 Å². The largest absolute Gasteiger partial charge is 0.491 e. The van der Waals surface area contributed by atoms with Crippen molar-refractivity contribution >= 4 is 70.9 Å². The topological polar surface area (TPSA) is 188 Å². The smallest absolute Gasteiger partial charge is 0.355 e. The predicted octanol–water partition coefficient (Wildman–Crippen LogP) is 6.06. The zero-order chi connectivity index (χ0) is 39.6. The molecule has 4 N–H and O–H groups in total. The van der Waals surface area contributed by atoms with Crippen molar-refractivity contribution in [2.45, 2.75) is 39.0 Å². The lowest BCUT2D eigenvalue weighted by atomic mass is 10.2. The lowest BCUT2D eigenvalue weighted by Crippen LogP contribution is -2.41. The van der Waals surface area contributed by atoms with E-state index < -0.39 is 21.9 Å². The first-order valence-electron chi connectivity index (χ1n) is 17.5. The number of unbranched alkanes of at least 4 members (excludes halogenated alkanes) is 1. The molecule has 0 saturated heterocycles. The minimum absolute atomic E-state index is 0.00548. The summed E-state index contributed by atoms with van der Waals surface area (Å²) in [6.45, 7) is 3.32. The van der Waals surface area contributed by atoms with E-state index in [1.807, 2.05) is 51.4 Å². The van der Waals surface area contributed by atoms with Crippen molar-refractivity contribution in [3.05, 3.63) is 76.0 Å². The molecule has 5 aromatic rings. The highest BCUT2D eigenvalue weighted by atomic mass is 32.2. The number of aryl methyl sites for hydroxylation is 2. The Morgan fingerprint density at radius 1 is 1.05 bits per heavy atom. The highest BCUT2D eigenvalue weighted by Gasteiger charge is 2.23. The molecule has 0 aliphatic carbocycles. The minimum Gasteiger partial charge on any atom is -0.491 e. The maximum atomic E-state index is 14.9. The molecule has 14 nitrogen and oxygen atoms in total. The van der Waals surface area contributed by atoms with Gasteiger partial charge in [-0.3, -0.25) is 4.55 Å². The number of rotatable bonds is 19. The van der Waals surface area contributed by atoms with Crippen molar-refractivity contribution in [3.63, 3.8) is 0 Å². The van der Waals surface area contributed by atoms with E-state index in [2.05, 4.69) is 37.3 Å². The van der Waals surface area contributed by atoms with Gasteiger partial charge >= 0.3 is 5.97 Å². The number of carbonyl (C=O) groups is 1. The van der Waals surface area contributed by atoms with Gasteiger partial charge in [0.2, 0.25) is 0 Å². The number of para-hydroxylation sites is 1. The van der Waals surface area contributed by atoms with E-state index in [1.54, 1.807) is 11.0 Å². The number of aromatic carboxylic acids is 1. The minimum atomic E-state index is -4.02. The summed E-state index contributed by atoms with van der Waals surface area (Å²) in [4.78, 5) is 23.7. The van der Waals surface area contributed by atoms with Crippen molar-refractivity contribution in [1.82, 2.24) is 20.2 Å². The first kappa shape index (κ1) is 41.4. The van der Waals surface area contributed by atoms with Crippen LogP contribution in [0.3, 0.4) is 0 Å². The number of nitrogens with one attached hydrogen (secondary N) is 1. The lowest BCUT2D eigenvalue weighted by Gasteiger charge is -2.27. The first-order chi connectivity index (χ1) is 26.2. The SMILES string of the molecule is Cc1cc(N(CCCCO)c2nc(C(=O)O)c(CCCOc3ccc(C#CC[N+](C)(C)CCCS(=O)(=O)O)cc3F)s2)nnc1Nc1nc2ccccc2s1. The predicted molar refractivity (Wildman–Crippen MR) is 212 cm³/mol. The molecule has 0 spiro atoms. The maximum Gasteiger partial charge on any atom is 0.355 e. The monoisotopic (exact) mass is 812 g/mol. The van der Waals surface area contributed by atoms with E-state index >= 15 is 0 Å².